The zero-order valence-electron chi connectivity index (χ0n) is 11.5. The molecule has 3 fully saturated rings. The third-order valence-electron chi connectivity index (χ3n) is 5.08. The van der Waals surface area contributed by atoms with Crippen LogP contribution in [-0.2, 0) is 0 Å². The smallest absolute Gasteiger partial charge is 0.0309 e. The van der Waals surface area contributed by atoms with Gasteiger partial charge in [0, 0.05) is 31.2 Å². The average molecular weight is 236 g/mol. The number of nitrogens with one attached hydrogen (secondary N) is 1. The number of piperazine rings is 1. The molecule has 1 saturated heterocycles. The predicted octanol–water partition coefficient (Wildman–Crippen LogP) is 2.64. The molecule has 2 atom stereocenters. The molecule has 1 aliphatic heterocycles. The molecule has 0 spiro atoms. The molecule has 0 bridgehead atoms. The summed E-state index contributed by atoms with van der Waals surface area (Å²) in [5, 5.41) is 3.87. The van der Waals surface area contributed by atoms with Gasteiger partial charge < -0.3 is 5.32 Å². The van der Waals surface area contributed by atoms with Gasteiger partial charge in [-0.05, 0) is 50.9 Å². The summed E-state index contributed by atoms with van der Waals surface area (Å²) < 4.78 is 0. The second-order valence-corrected chi connectivity index (χ2v) is 6.89. The second kappa shape index (κ2) is 4.55. The normalized spacial score (nSPS) is 39.5. The van der Waals surface area contributed by atoms with E-state index in [9.17, 15) is 0 Å². The van der Waals surface area contributed by atoms with Gasteiger partial charge in [-0.3, -0.25) is 4.90 Å². The van der Waals surface area contributed by atoms with Crippen molar-refractivity contribution in [3.8, 4) is 0 Å². The van der Waals surface area contributed by atoms with Gasteiger partial charge in [-0.1, -0.05) is 13.3 Å². The van der Waals surface area contributed by atoms with Crippen LogP contribution in [0.25, 0.3) is 0 Å². The minimum Gasteiger partial charge on any atom is -0.308 e. The maximum Gasteiger partial charge on any atom is 0.0309 e. The van der Waals surface area contributed by atoms with Gasteiger partial charge in [-0.15, -0.1) is 0 Å². The Morgan fingerprint density at radius 3 is 2.59 bits per heavy atom. The first kappa shape index (κ1) is 12.0. The van der Waals surface area contributed by atoms with Crippen LogP contribution in [0.3, 0.4) is 0 Å². The summed E-state index contributed by atoms with van der Waals surface area (Å²) in [6, 6.07) is 0.812. The van der Waals surface area contributed by atoms with Gasteiger partial charge in [0.05, 0.1) is 0 Å². The first-order valence-corrected chi connectivity index (χ1v) is 7.70. The summed E-state index contributed by atoms with van der Waals surface area (Å²) in [6.07, 6.45) is 8.60. The van der Waals surface area contributed by atoms with Crippen molar-refractivity contribution in [2.75, 3.05) is 19.6 Å². The summed E-state index contributed by atoms with van der Waals surface area (Å²) >= 11 is 0. The van der Waals surface area contributed by atoms with E-state index in [1.54, 1.807) is 0 Å². The highest BCUT2D eigenvalue weighted by molar-refractivity contribution is 5.04. The Balaban J connectivity index is 1.63. The maximum atomic E-state index is 3.87. The molecule has 17 heavy (non-hydrogen) atoms. The molecule has 0 aromatic rings. The molecular formula is C15H28N2. The van der Waals surface area contributed by atoms with E-state index in [-0.39, 0.29) is 0 Å². The molecule has 0 aromatic carbocycles. The Bertz CT molecular complexity index is 270. The third-order valence-corrected chi connectivity index (χ3v) is 5.08. The molecule has 3 rings (SSSR count). The fourth-order valence-corrected chi connectivity index (χ4v) is 3.54. The lowest BCUT2D eigenvalue weighted by Gasteiger charge is -2.47. The zero-order chi connectivity index (χ0) is 11.9. The highest BCUT2D eigenvalue weighted by Gasteiger charge is 2.46. The van der Waals surface area contributed by atoms with E-state index in [0.29, 0.717) is 5.54 Å². The second-order valence-electron chi connectivity index (χ2n) is 6.89. The first-order chi connectivity index (χ1) is 8.21. The van der Waals surface area contributed by atoms with E-state index in [1.165, 1.54) is 58.2 Å². The van der Waals surface area contributed by atoms with Gasteiger partial charge in [-0.2, -0.15) is 0 Å². The van der Waals surface area contributed by atoms with E-state index in [4.69, 9.17) is 0 Å². The molecule has 1 N–H and O–H groups in total. The summed E-state index contributed by atoms with van der Waals surface area (Å²) in [5.74, 6) is 2.00. The minimum absolute atomic E-state index is 0.430. The standard InChI is InChI=1S/C15H28N2/c1-3-4-14-9-16-15(2,13-7-8-13)11-17(14)10-12-5-6-12/h12-14,16H,3-11H2,1-2H3. The first-order valence-electron chi connectivity index (χ1n) is 7.70. The van der Waals surface area contributed by atoms with Gasteiger partial charge >= 0.3 is 0 Å². The van der Waals surface area contributed by atoms with Crippen molar-refractivity contribution in [1.82, 2.24) is 10.2 Å². The molecule has 2 unspecified atom stereocenters. The molecule has 98 valence electrons. The highest BCUT2D eigenvalue weighted by Crippen LogP contribution is 2.42. The molecule has 0 amide bonds. The third kappa shape index (κ3) is 2.68. The van der Waals surface area contributed by atoms with E-state index in [2.05, 4.69) is 24.1 Å². The van der Waals surface area contributed by atoms with Crippen LogP contribution in [0.2, 0.25) is 0 Å². The lowest BCUT2D eigenvalue weighted by molar-refractivity contribution is 0.0663. The van der Waals surface area contributed by atoms with Crippen LogP contribution >= 0.6 is 0 Å². The van der Waals surface area contributed by atoms with Crippen molar-refractivity contribution in [2.45, 2.75) is 64.0 Å². The monoisotopic (exact) mass is 236 g/mol. The van der Waals surface area contributed by atoms with Gasteiger partial charge in [0.2, 0.25) is 0 Å². The molecule has 2 aliphatic carbocycles. The van der Waals surface area contributed by atoms with Crippen molar-refractivity contribution in [3.63, 3.8) is 0 Å². The Hall–Kier alpha value is -0.0800. The van der Waals surface area contributed by atoms with Crippen LogP contribution in [-0.4, -0.2) is 36.1 Å². The van der Waals surface area contributed by atoms with Crippen molar-refractivity contribution in [2.24, 2.45) is 11.8 Å². The maximum absolute atomic E-state index is 3.87. The van der Waals surface area contributed by atoms with Crippen LogP contribution in [0.15, 0.2) is 0 Å². The van der Waals surface area contributed by atoms with E-state index < -0.39 is 0 Å². The molecule has 2 nitrogen and oxygen atoms in total. The summed E-state index contributed by atoms with van der Waals surface area (Å²) in [7, 11) is 0. The predicted molar refractivity (Wildman–Crippen MR) is 72.1 cm³/mol. The van der Waals surface area contributed by atoms with E-state index >= 15 is 0 Å². The summed E-state index contributed by atoms with van der Waals surface area (Å²) in [6.45, 7) is 8.71. The van der Waals surface area contributed by atoms with Crippen molar-refractivity contribution >= 4 is 0 Å². The quantitative estimate of drug-likeness (QED) is 0.789. The molecule has 2 heteroatoms. The molecular weight excluding hydrogens is 208 g/mol. The summed E-state index contributed by atoms with van der Waals surface area (Å²) in [5.41, 5.74) is 0.430. The van der Waals surface area contributed by atoms with E-state index in [0.717, 1.165) is 17.9 Å². The largest absolute Gasteiger partial charge is 0.308 e. The van der Waals surface area contributed by atoms with Crippen LogP contribution < -0.4 is 5.32 Å². The lowest BCUT2D eigenvalue weighted by Crippen LogP contribution is -2.64. The number of rotatable bonds is 5. The van der Waals surface area contributed by atoms with Crippen molar-refractivity contribution in [3.05, 3.63) is 0 Å². The van der Waals surface area contributed by atoms with Crippen LogP contribution in [0.4, 0.5) is 0 Å². The topological polar surface area (TPSA) is 15.3 Å². The summed E-state index contributed by atoms with van der Waals surface area (Å²) in [4.78, 5) is 2.83. The fourth-order valence-electron chi connectivity index (χ4n) is 3.54. The van der Waals surface area contributed by atoms with Crippen molar-refractivity contribution < 1.29 is 0 Å². The van der Waals surface area contributed by atoms with Crippen LogP contribution in [0, 0.1) is 11.8 Å². The lowest BCUT2D eigenvalue weighted by atomic mass is 9.90. The van der Waals surface area contributed by atoms with Gasteiger partial charge in [0.1, 0.15) is 0 Å². The van der Waals surface area contributed by atoms with E-state index in [1.807, 2.05) is 0 Å². The van der Waals surface area contributed by atoms with Gasteiger partial charge in [-0.25, -0.2) is 0 Å². The molecule has 1 heterocycles. The van der Waals surface area contributed by atoms with Crippen LogP contribution in [0.5, 0.6) is 0 Å². The Morgan fingerprint density at radius 2 is 2.00 bits per heavy atom. The average Bonchev–Trinajstić information content (AvgIpc) is 3.15. The Morgan fingerprint density at radius 1 is 1.24 bits per heavy atom. The van der Waals surface area contributed by atoms with Crippen molar-refractivity contribution in [1.29, 1.82) is 0 Å². The molecule has 3 aliphatic rings. The van der Waals surface area contributed by atoms with Crippen LogP contribution in [0.1, 0.15) is 52.4 Å². The highest BCUT2D eigenvalue weighted by atomic mass is 15.3. The number of hydrogen-bond donors (Lipinski definition) is 1. The minimum atomic E-state index is 0.430. The Labute approximate surface area is 106 Å². The van der Waals surface area contributed by atoms with Gasteiger partial charge in [0.15, 0.2) is 0 Å². The number of nitrogens with zero attached hydrogens (tertiary/aromatic N) is 1. The number of hydrogen-bond acceptors (Lipinski definition) is 2. The molecule has 0 aromatic heterocycles. The fraction of sp³-hybridized carbons (Fsp3) is 1.00. The SMILES string of the molecule is CCCC1CNC(C)(C2CC2)CN1CC1CC1. The zero-order valence-corrected chi connectivity index (χ0v) is 11.5. The van der Waals surface area contributed by atoms with Gasteiger partial charge in [0.25, 0.3) is 0 Å². The Kier molecular flexibility index (Phi) is 3.20. The molecule has 0 radical (unpaired) electrons. The molecule has 2 saturated carbocycles.